The van der Waals surface area contributed by atoms with Crippen molar-refractivity contribution in [2.24, 2.45) is 0 Å². The first-order chi connectivity index (χ1) is 9.50. The van der Waals surface area contributed by atoms with Crippen LogP contribution < -0.4 is 11.1 Å². The normalized spacial score (nSPS) is 15.0. The standard InChI is InChI=1S/C13H18N4O3.ClH/c1-9-7-10(12(14)11(8-9)17(19)20)13(18)16-5-2-3-15-4-6-16;/h7-8,15H,2-6,14H2,1H3;1H. The fraction of sp³-hybridized carbons (Fsp3) is 0.462. The number of nitrogens with zero attached hydrogens (tertiary/aromatic N) is 2. The van der Waals surface area contributed by atoms with Crippen molar-refractivity contribution in [1.82, 2.24) is 10.2 Å². The Kier molecular flexibility index (Phi) is 5.92. The minimum Gasteiger partial charge on any atom is -0.393 e. The largest absolute Gasteiger partial charge is 0.393 e. The lowest BCUT2D eigenvalue weighted by Crippen LogP contribution is -2.34. The molecular formula is C13H19ClN4O3. The molecule has 1 heterocycles. The molecule has 7 nitrogen and oxygen atoms in total. The molecule has 116 valence electrons. The molecule has 1 aliphatic heterocycles. The highest BCUT2D eigenvalue weighted by molar-refractivity contribution is 6.01. The van der Waals surface area contributed by atoms with Gasteiger partial charge in [0.05, 0.1) is 10.5 Å². The second-order valence-electron chi connectivity index (χ2n) is 4.90. The Morgan fingerprint density at radius 2 is 2.10 bits per heavy atom. The highest BCUT2D eigenvalue weighted by Crippen LogP contribution is 2.28. The molecule has 21 heavy (non-hydrogen) atoms. The number of carbonyl (C=O) groups is 1. The summed E-state index contributed by atoms with van der Waals surface area (Å²) < 4.78 is 0. The van der Waals surface area contributed by atoms with Gasteiger partial charge >= 0.3 is 0 Å². The number of anilines is 1. The summed E-state index contributed by atoms with van der Waals surface area (Å²) >= 11 is 0. The van der Waals surface area contributed by atoms with E-state index in [1.54, 1.807) is 17.9 Å². The molecule has 2 rings (SSSR count). The van der Waals surface area contributed by atoms with E-state index in [0.717, 1.165) is 19.5 Å². The van der Waals surface area contributed by atoms with Crippen LogP contribution in [0.4, 0.5) is 11.4 Å². The van der Waals surface area contributed by atoms with Crippen molar-refractivity contribution >= 4 is 29.7 Å². The fourth-order valence-corrected chi connectivity index (χ4v) is 2.33. The summed E-state index contributed by atoms with van der Waals surface area (Å²) in [6.07, 6.45) is 0.861. The van der Waals surface area contributed by atoms with Crippen molar-refractivity contribution in [3.8, 4) is 0 Å². The molecule has 1 saturated heterocycles. The van der Waals surface area contributed by atoms with E-state index in [1.807, 2.05) is 0 Å². The minimum atomic E-state index is -0.552. The van der Waals surface area contributed by atoms with E-state index in [1.165, 1.54) is 6.07 Å². The van der Waals surface area contributed by atoms with Gasteiger partial charge in [-0.05, 0) is 31.5 Å². The number of halogens is 1. The number of nitrogen functional groups attached to an aromatic ring is 1. The maximum absolute atomic E-state index is 12.5. The van der Waals surface area contributed by atoms with Crippen LogP contribution in [0.1, 0.15) is 22.3 Å². The summed E-state index contributed by atoms with van der Waals surface area (Å²) in [5, 5.41) is 14.2. The quantitative estimate of drug-likeness (QED) is 0.487. The highest BCUT2D eigenvalue weighted by atomic mass is 35.5. The van der Waals surface area contributed by atoms with Crippen molar-refractivity contribution in [2.45, 2.75) is 13.3 Å². The van der Waals surface area contributed by atoms with E-state index >= 15 is 0 Å². The maximum Gasteiger partial charge on any atom is 0.293 e. The van der Waals surface area contributed by atoms with E-state index in [-0.39, 0.29) is 35.3 Å². The van der Waals surface area contributed by atoms with Gasteiger partial charge in [-0.2, -0.15) is 0 Å². The maximum atomic E-state index is 12.5. The first kappa shape index (κ1) is 17.2. The topological polar surface area (TPSA) is 102 Å². The van der Waals surface area contributed by atoms with Gasteiger partial charge in [0.1, 0.15) is 5.69 Å². The van der Waals surface area contributed by atoms with Gasteiger partial charge in [0, 0.05) is 25.7 Å². The number of aryl methyl sites for hydroxylation is 1. The zero-order chi connectivity index (χ0) is 14.7. The van der Waals surface area contributed by atoms with Gasteiger partial charge in [-0.25, -0.2) is 0 Å². The number of rotatable bonds is 2. The molecular weight excluding hydrogens is 296 g/mol. The molecule has 8 heteroatoms. The van der Waals surface area contributed by atoms with Crippen molar-refractivity contribution in [2.75, 3.05) is 31.9 Å². The Morgan fingerprint density at radius 3 is 2.76 bits per heavy atom. The molecule has 1 aromatic rings. The molecule has 0 aliphatic carbocycles. The third-order valence-electron chi connectivity index (χ3n) is 3.36. The lowest BCUT2D eigenvalue weighted by molar-refractivity contribution is -0.384. The molecule has 0 spiro atoms. The van der Waals surface area contributed by atoms with Crippen molar-refractivity contribution in [3.05, 3.63) is 33.4 Å². The van der Waals surface area contributed by atoms with Gasteiger partial charge in [-0.15, -0.1) is 12.4 Å². The molecule has 0 saturated carbocycles. The van der Waals surface area contributed by atoms with E-state index in [2.05, 4.69) is 5.32 Å². The van der Waals surface area contributed by atoms with Crippen molar-refractivity contribution < 1.29 is 9.72 Å². The predicted octanol–water partition coefficient (Wildman–Crippen LogP) is 1.34. The summed E-state index contributed by atoms with van der Waals surface area (Å²) in [6, 6.07) is 3.00. The lowest BCUT2D eigenvalue weighted by Gasteiger charge is -2.21. The second-order valence-corrected chi connectivity index (χ2v) is 4.90. The number of nitro benzene ring substituents is 1. The molecule has 0 atom stereocenters. The molecule has 0 unspecified atom stereocenters. The van der Waals surface area contributed by atoms with Gasteiger partial charge in [0.15, 0.2) is 0 Å². The predicted molar refractivity (Wildman–Crippen MR) is 82.9 cm³/mol. The number of nitrogens with two attached hydrogens (primary N) is 1. The van der Waals surface area contributed by atoms with Crippen LogP contribution in [0.25, 0.3) is 0 Å². The lowest BCUT2D eigenvalue weighted by atomic mass is 10.1. The molecule has 1 amide bonds. The van der Waals surface area contributed by atoms with E-state index in [0.29, 0.717) is 18.7 Å². The number of hydrogen-bond acceptors (Lipinski definition) is 5. The first-order valence-corrected chi connectivity index (χ1v) is 6.55. The highest BCUT2D eigenvalue weighted by Gasteiger charge is 2.24. The molecule has 1 aromatic carbocycles. The first-order valence-electron chi connectivity index (χ1n) is 6.55. The molecule has 1 fully saturated rings. The average molecular weight is 315 g/mol. The number of nitrogens with one attached hydrogen (secondary N) is 1. The van der Waals surface area contributed by atoms with Gasteiger partial charge in [-0.3, -0.25) is 14.9 Å². The van der Waals surface area contributed by atoms with Gasteiger partial charge in [-0.1, -0.05) is 0 Å². The fourth-order valence-electron chi connectivity index (χ4n) is 2.33. The van der Waals surface area contributed by atoms with Gasteiger partial charge in [0.25, 0.3) is 11.6 Å². The summed E-state index contributed by atoms with van der Waals surface area (Å²) in [5.41, 5.74) is 6.41. The SMILES string of the molecule is Cc1cc(C(=O)N2CCCNCC2)c(N)c([N+](=O)[O-])c1.Cl. The van der Waals surface area contributed by atoms with Gasteiger partial charge < -0.3 is 16.0 Å². The number of hydrogen-bond donors (Lipinski definition) is 2. The van der Waals surface area contributed by atoms with Crippen LogP contribution in [-0.2, 0) is 0 Å². The second kappa shape index (κ2) is 7.24. The Hall–Kier alpha value is -1.86. The van der Waals surface area contributed by atoms with Crippen LogP contribution in [0.5, 0.6) is 0 Å². The van der Waals surface area contributed by atoms with Crippen LogP contribution in [-0.4, -0.2) is 41.9 Å². The number of amides is 1. The number of carbonyl (C=O) groups excluding carboxylic acids is 1. The van der Waals surface area contributed by atoms with Crippen molar-refractivity contribution in [3.63, 3.8) is 0 Å². The number of benzene rings is 1. The molecule has 0 aromatic heterocycles. The molecule has 0 radical (unpaired) electrons. The monoisotopic (exact) mass is 314 g/mol. The summed E-state index contributed by atoms with van der Waals surface area (Å²) in [5.74, 6) is -0.238. The Labute approximate surface area is 129 Å². The number of nitro groups is 1. The smallest absolute Gasteiger partial charge is 0.293 e. The van der Waals surface area contributed by atoms with E-state index in [9.17, 15) is 14.9 Å². The molecule has 3 N–H and O–H groups in total. The van der Waals surface area contributed by atoms with Crippen LogP contribution in [0.2, 0.25) is 0 Å². The minimum absolute atomic E-state index is 0. The zero-order valence-corrected chi connectivity index (χ0v) is 12.6. The van der Waals surface area contributed by atoms with E-state index < -0.39 is 4.92 Å². The van der Waals surface area contributed by atoms with Crippen LogP contribution in [0.3, 0.4) is 0 Å². The summed E-state index contributed by atoms with van der Waals surface area (Å²) in [4.78, 5) is 24.6. The average Bonchev–Trinajstić information content (AvgIpc) is 2.68. The summed E-state index contributed by atoms with van der Waals surface area (Å²) in [7, 11) is 0. The Bertz CT molecular complexity index is 542. The Balaban J connectivity index is 0.00000220. The zero-order valence-electron chi connectivity index (χ0n) is 11.8. The van der Waals surface area contributed by atoms with Gasteiger partial charge in [0.2, 0.25) is 0 Å². The van der Waals surface area contributed by atoms with Crippen LogP contribution in [0.15, 0.2) is 12.1 Å². The van der Waals surface area contributed by atoms with Crippen molar-refractivity contribution in [1.29, 1.82) is 0 Å². The third kappa shape index (κ3) is 3.83. The molecule has 1 aliphatic rings. The Morgan fingerprint density at radius 1 is 1.38 bits per heavy atom. The summed E-state index contributed by atoms with van der Waals surface area (Å²) in [6.45, 7) is 4.52. The third-order valence-corrected chi connectivity index (χ3v) is 3.36. The van der Waals surface area contributed by atoms with Crippen LogP contribution >= 0.6 is 12.4 Å². The van der Waals surface area contributed by atoms with Crippen LogP contribution in [0, 0.1) is 17.0 Å². The molecule has 0 bridgehead atoms. The van der Waals surface area contributed by atoms with E-state index in [4.69, 9.17) is 5.73 Å².